The van der Waals surface area contributed by atoms with E-state index in [-0.39, 0.29) is 0 Å². The molecule has 3 fully saturated rings. The van der Waals surface area contributed by atoms with Gasteiger partial charge >= 0.3 is 0 Å². The molecule has 5 nitrogen and oxygen atoms in total. The summed E-state index contributed by atoms with van der Waals surface area (Å²) in [4.78, 5) is 4.79. The Morgan fingerprint density at radius 3 is 2.67 bits per heavy atom. The molecule has 3 saturated heterocycles. The van der Waals surface area contributed by atoms with E-state index in [0.717, 1.165) is 32.7 Å². The van der Waals surface area contributed by atoms with Gasteiger partial charge in [0.05, 0.1) is 0 Å². The van der Waals surface area contributed by atoms with E-state index in [1.807, 2.05) is 0 Å². The molecule has 4 rings (SSSR count). The summed E-state index contributed by atoms with van der Waals surface area (Å²) in [6.07, 6.45) is 0. The second-order valence-electron chi connectivity index (χ2n) is 4.77. The molecule has 1 unspecified atom stereocenters. The minimum atomic E-state index is -3.31. The molecule has 7 heteroatoms. The minimum Gasteiger partial charge on any atom is -0.299 e. The van der Waals surface area contributed by atoms with E-state index in [0.29, 0.717) is 16.8 Å². The number of hydrogen-bond acceptors (Lipinski definition) is 5. The number of rotatable bonds is 4. The normalized spacial score (nSPS) is 31.7. The summed E-state index contributed by atoms with van der Waals surface area (Å²) in [5.41, 5.74) is 0. The van der Waals surface area contributed by atoms with Crippen molar-refractivity contribution in [1.29, 1.82) is 0 Å². The molecular weight excluding hydrogens is 270 g/mol. The van der Waals surface area contributed by atoms with Gasteiger partial charge in [0.25, 0.3) is 0 Å². The van der Waals surface area contributed by atoms with E-state index in [1.54, 1.807) is 17.5 Å². The fourth-order valence-corrected chi connectivity index (χ4v) is 4.72. The lowest BCUT2D eigenvalue weighted by Gasteiger charge is -2.47. The van der Waals surface area contributed by atoms with Crippen molar-refractivity contribution in [2.45, 2.75) is 10.3 Å². The quantitative estimate of drug-likeness (QED) is 0.849. The standard InChI is InChI=1S/C11H17N3O2S2/c15-18(16,11-2-1-7-17-11)12-8-10-9-13-3-5-14(10)6-4-13/h1-2,7,10,12H,3-6,8-9H2. The first-order chi connectivity index (χ1) is 8.65. The molecule has 1 atom stereocenters. The topological polar surface area (TPSA) is 52.7 Å². The third-order valence-electron chi connectivity index (χ3n) is 3.66. The number of nitrogens with one attached hydrogen (secondary N) is 1. The lowest BCUT2D eigenvalue weighted by Crippen LogP contribution is -2.63. The molecule has 1 aromatic rings. The molecule has 3 aliphatic heterocycles. The molecule has 0 aromatic carbocycles. The van der Waals surface area contributed by atoms with Crippen LogP contribution in [0.2, 0.25) is 0 Å². The van der Waals surface area contributed by atoms with E-state index in [1.165, 1.54) is 11.3 Å². The summed E-state index contributed by atoms with van der Waals surface area (Å²) < 4.78 is 27.2. The average Bonchev–Trinajstić information content (AvgIpc) is 2.93. The number of nitrogens with zero attached hydrogens (tertiary/aromatic N) is 2. The first-order valence-corrected chi connectivity index (χ1v) is 8.51. The fraction of sp³-hybridized carbons (Fsp3) is 0.636. The van der Waals surface area contributed by atoms with Crippen molar-refractivity contribution in [2.75, 3.05) is 39.3 Å². The van der Waals surface area contributed by atoms with Crippen molar-refractivity contribution in [3.8, 4) is 0 Å². The van der Waals surface area contributed by atoms with Crippen LogP contribution in [0.5, 0.6) is 0 Å². The maximum atomic E-state index is 12.0. The van der Waals surface area contributed by atoms with Crippen LogP contribution in [0, 0.1) is 0 Å². The largest absolute Gasteiger partial charge is 0.299 e. The number of piperazine rings is 3. The highest BCUT2D eigenvalue weighted by Crippen LogP contribution is 2.18. The van der Waals surface area contributed by atoms with E-state index in [4.69, 9.17) is 0 Å². The average molecular weight is 287 g/mol. The van der Waals surface area contributed by atoms with Gasteiger partial charge < -0.3 is 0 Å². The molecule has 1 aromatic heterocycles. The van der Waals surface area contributed by atoms with Gasteiger partial charge in [-0.15, -0.1) is 11.3 Å². The maximum absolute atomic E-state index is 12.0. The molecule has 0 radical (unpaired) electrons. The van der Waals surface area contributed by atoms with Crippen molar-refractivity contribution in [3.05, 3.63) is 17.5 Å². The Labute approximate surface area is 111 Å². The highest BCUT2D eigenvalue weighted by Gasteiger charge is 2.32. The van der Waals surface area contributed by atoms with Crippen molar-refractivity contribution in [1.82, 2.24) is 14.5 Å². The van der Waals surface area contributed by atoms with E-state index >= 15 is 0 Å². The van der Waals surface area contributed by atoms with Crippen LogP contribution in [0.4, 0.5) is 0 Å². The zero-order valence-electron chi connectivity index (χ0n) is 10.1. The van der Waals surface area contributed by atoms with Gasteiger partial charge in [0.1, 0.15) is 4.21 Å². The Kier molecular flexibility index (Phi) is 3.42. The predicted octanol–water partition coefficient (Wildman–Crippen LogP) is 0.0262. The van der Waals surface area contributed by atoms with Crippen LogP contribution in [-0.2, 0) is 10.0 Å². The molecule has 18 heavy (non-hydrogen) atoms. The Hall–Kier alpha value is -0.470. The van der Waals surface area contributed by atoms with Crippen LogP contribution >= 0.6 is 11.3 Å². The lowest BCUT2D eigenvalue weighted by molar-refractivity contribution is 0.0158. The summed E-state index contributed by atoms with van der Waals surface area (Å²) in [6, 6.07) is 3.73. The van der Waals surface area contributed by atoms with Crippen LogP contribution in [0.15, 0.2) is 21.7 Å². The second kappa shape index (κ2) is 4.90. The zero-order chi connectivity index (χ0) is 12.6. The molecule has 100 valence electrons. The molecule has 3 aliphatic rings. The maximum Gasteiger partial charge on any atom is 0.250 e. The molecule has 1 N–H and O–H groups in total. The highest BCUT2D eigenvalue weighted by atomic mass is 32.2. The summed E-state index contributed by atoms with van der Waals surface area (Å²) in [7, 11) is -3.31. The SMILES string of the molecule is O=S(=O)(NCC1CN2CCN1CC2)c1cccs1. The van der Waals surface area contributed by atoms with Gasteiger partial charge in [-0.25, -0.2) is 13.1 Å². The molecule has 0 saturated carbocycles. The highest BCUT2D eigenvalue weighted by molar-refractivity contribution is 7.91. The van der Waals surface area contributed by atoms with Gasteiger partial charge in [0.15, 0.2) is 0 Å². The first-order valence-electron chi connectivity index (χ1n) is 6.15. The van der Waals surface area contributed by atoms with Crippen LogP contribution in [-0.4, -0.2) is 63.5 Å². The monoisotopic (exact) mass is 287 g/mol. The zero-order valence-corrected chi connectivity index (χ0v) is 11.7. The minimum absolute atomic E-state index is 0.322. The van der Waals surface area contributed by atoms with E-state index < -0.39 is 10.0 Å². The van der Waals surface area contributed by atoms with E-state index in [9.17, 15) is 8.42 Å². The first kappa shape index (κ1) is 12.6. The van der Waals surface area contributed by atoms with Crippen LogP contribution in [0.25, 0.3) is 0 Å². The van der Waals surface area contributed by atoms with Crippen LogP contribution < -0.4 is 4.72 Å². The second-order valence-corrected chi connectivity index (χ2v) is 7.72. The Morgan fingerprint density at radius 1 is 1.33 bits per heavy atom. The van der Waals surface area contributed by atoms with Crippen molar-refractivity contribution in [3.63, 3.8) is 0 Å². The third kappa shape index (κ3) is 2.46. The predicted molar refractivity (Wildman–Crippen MR) is 71.3 cm³/mol. The van der Waals surface area contributed by atoms with Crippen molar-refractivity contribution < 1.29 is 8.42 Å². The number of fused-ring (bicyclic) bond motifs is 3. The molecule has 4 heterocycles. The molecule has 0 amide bonds. The Morgan fingerprint density at radius 2 is 2.11 bits per heavy atom. The fourth-order valence-electron chi connectivity index (χ4n) is 2.61. The van der Waals surface area contributed by atoms with Crippen molar-refractivity contribution in [2.24, 2.45) is 0 Å². The third-order valence-corrected chi connectivity index (χ3v) is 6.48. The summed E-state index contributed by atoms with van der Waals surface area (Å²) >= 11 is 1.26. The van der Waals surface area contributed by atoms with Gasteiger partial charge in [-0.1, -0.05) is 6.07 Å². The van der Waals surface area contributed by atoms with Crippen molar-refractivity contribution >= 4 is 21.4 Å². The number of sulfonamides is 1. The van der Waals surface area contributed by atoms with Gasteiger partial charge in [-0.2, -0.15) is 0 Å². The molecule has 2 bridgehead atoms. The Bertz CT molecular complexity index is 492. The van der Waals surface area contributed by atoms with Gasteiger partial charge in [-0.3, -0.25) is 9.80 Å². The Balaban J connectivity index is 1.62. The molecular formula is C11H17N3O2S2. The summed E-state index contributed by atoms with van der Waals surface area (Å²) in [5.74, 6) is 0. The lowest BCUT2D eigenvalue weighted by atomic mass is 10.1. The van der Waals surface area contributed by atoms with Crippen LogP contribution in [0.3, 0.4) is 0 Å². The van der Waals surface area contributed by atoms with Gasteiger partial charge in [0.2, 0.25) is 10.0 Å². The van der Waals surface area contributed by atoms with Gasteiger partial charge in [0, 0.05) is 45.3 Å². The number of thiophene rings is 1. The van der Waals surface area contributed by atoms with E-state index in [2.05, 4.69) is 14.5 Å². The summed E-state index contributed by atoms with van der Waals surface area (Å²) in [6.45, 7) is 5.85. The molecule has 0 aliphatic carbocycles. The van der Waals surface area contributed by atoms with Crippen LogP contribution in [0.1, 0.15) is 0 Å². The summed E-state index contributed by atoms with van der Waals surface area (Å²) in [5, 5.41) is 1.78. The molecule has 0 spiro atoms. The smallest absolute Gasteiger partial charge is 0.250 e. The van der Waals surface area contributed by atoms with Gasteiger partial charge in [-0.05, 0) is 11.4 Å². The number of hydrogen-bond donors (Lipinski definition) is 1.